The number of carbonyl (C=O) groups is 2. The molecule has 1 amide bonds. The molecule has 0 unspecified atom stereocenters. The molecule has 1 aromatic carbocycles. The van der Waals surface area contributed by atoms with E-state index in [1.807, 2.05) is 0 Å². The molecule has 24 heavy (non-hydrogen) atoms. The SMILES string of the molecule is CC(=O)c1ccc(OCC(=O)Nc2nc3ccc(Cl)cn3n2)cc1. The van der Waals surface area contributed by atoms with E-state index in [1.54, 1.807) is 42.6 Å². The molecule has 0 aliphatic heterocycles. The van der Waals surface area contributed by atoms with E-state index in [2.05, 4.69) is 15.4 Å². The molecule has 3 rings (SSSR count). The zero-order valence-electron chi connectivity index (χ0n) is 12.7. The molecule has 2 heterocycles. The third-order valence-corrected chi connectivity index (χ3v) is 3.40. The lowest BCUT2D eigenvalue weighted by Crippen LogP contribution is -2.20. The molecule has 122 valence electrons. The highest BCUT2D eigenvalue weighted by Gasteiger charge is 2.09. The molecule has 0 aliphatic rings. The van der Waals surface area contributed by atoms with E-state index >= 15 is 0 Å². The minimum atomic E-state index is -0.396. The number of rotatable bonds is 5. The number of aromatic nitrogens is 3. The minimum absolute atomic E-state index is 0.0303. The predicted octanol–water partition coefficient (Wildman–Crippen LogP) is 2.60. The summed E-state index contributed by atoms with van der Waals surface area (Å²) in [5.41, 5.74) is 1.15. The van der Waals surface area contributed by atoms with Gasteiger partial charge in [0.1, 0.15) is 5.75 Å². The normalized spacial score (nSPS) is 10.6. The maximum absolute atomic E-state index is 11.9. The van der Waals surface area contributed by atoms with Crippen LogP contribution in [0.1, 0.15) is 17.3 Å². The van der Waals surface area contributed by atoms with E-state index in [-0.39, 0.29) is 18.3 Å². The summed E-state index contributed by atoms with van der Waals surface area (Å²) in [6, 6.07) is 9.93. The molecule has 3 aromatic rings. The number of hydrogen-bond acceptors (Lipinski definition) is 5. The zero-order chi connectivity index (χ0) is 17.1. The van der Waals surface area contributed by atoms with Gasteiger partial charge in [0, 0.05) is 11.8 Å². The molecule has 0 bridgehead atoms. The van der Waals surface area contributed by atoms with Crippen molar-refractivity contribution in [1.29, 1.82) is 0 Å². The minimum Gasteiger partial charge on any atom is -0.484 e. The summed E-state index contributed by atoms with van der Waals surface area (Å²) in [4.78, 5) is 27.2. The number of benzene rings is 1. The van der Waals surface area contributed by atoms with E-state index in [0.29, 0.717) is 22.0 Å². The maximum atomic E-state index is 11.9. The van der Waals surface area contributed by atoms with Gasteiger partial charge in [-0.05, 0) is 43.3 Å². The van der Waals surface area contributed by atoms with E-state index in [4.69, 9.17) is 16.3 Å². The molecule has 2 aromatic heterocycles. The van der Waals surface area contributed by atoms with E-state index in [1.165, 1.54) is 11.4 Å². The van der Waals surface area contributed by atoms with Gasteiger partial charge in [-0.3, -0.25) is 14.9 Å². The monoisotopic (exact) mass is 344 g/mol. The Morgan fingerprint density at radius 2 is 1.96 bits per heavy atom. The van der Waals surface area contributed by atoms with Crippen molar-refractivity contribution in [3.05, 3.63) is 53.2 Å². The van der Waals surface area contributed by atoms with E-state index in [0.717, 1.165) is 0 Å². The van der Waals surface area contributed by atoms with Gasteiger partial charge >= 0.3 is 0 Å². The van der Waals surface area contributed by atoms with Crippen LogP contribution in [-0.4, -0.2) is 32.9 Å². The van der Waals surface area contributed by atoms with Crippen LogP contribution in [0.15, 0.2) is 42.6 Å². The van der Waals surface area contributed by atoms with Crippen LogP contribution in [0.2, 0.25) is 5.02 Å². The summed E-state index contributed by atoms with van der Waals surface area (Å²) in [7, 11) is 0. The average molecular weight is 345 g/mol. The highest BCUT2D eigenvalue weighted by atomic mass is 35.5. The van der Waals surface area contributed by atoms with Gasteiger partial charge in [-0.15, -0.1) is 5.10 Å². The number of pyridine rings is 1. The number of halogens is 1. The number of ketones is 1. The molecule has 1 N–H and O–H groups in total. The summed E-state index contributed by atoms with van der Waals surface area (Å²) in [5.74, 6) is 0.229. The fourth-order valence-corrected chi connectivity index (χ4v) is 2.16. The lowest BCUT2D eigenvalue weighted by molar-refractivity contribution is -0.118. The number of ether oxygens (including phenoxy) is 1. The largest absolute Gasteiger partial charge is 0.484 e. The van der Waals surface area contributed by atoms with Crippen LogP contribution in [0.3, 0.4) is 0 Å². The smallest absolute Gasteiger partial charge is 0.264 e. The van der Waals surface area contributed by atoms with Gasteiger partial charge in [-0.25, -0.2) is 4.52 Å². The Morgan fingerprint density at radius 1 is 1.21 bits per heavy atom. The summed E-state index contributed by atoms with van der Waals surface area (Å²) in [6.45, 7) is 1.29. The van der Waals surface area contributed by atoms with Crippen molar-refractivity contribution in [2.45, 2.75) is 6.92 Å². The third kappa shape index (κ3) is 3.69. The average Bonchev–Trinajstić information content (AvgIpc) is 2.94. The highest BCUT2D eigenvalue weighted by Crippen LogP contribution is 2.13. The summed E-state index contributed by atoms with van der Waals surface area (Å²) < 4.78 is 6.83. The van der Waals surface area contributed by atoms with Crippen LogP contribution in [0.5, 0.6) is 5.75 Å². The van der Waals surface area contributed by atoms with Gasteiger partial charge in [0.15, 0.2) is 18.0 Å². The van der Waals surface area contributed by atoms with Gasteiger partial charge in [-0.1, -0.05) is 11.6 Å². The van der Waals surface area contributed by atoms with Crippen molar-refractivity contribution < 1.29 is 14.3 Å². The molecule has 0 spiro atoms. The van der Waals surface area contributed by atoms with Crippen LogP contribution in [-0.2, 0) is 4.79 Å². The first-order valence-corrected chi connectivity index (χ1v) is 7.44. The number of Topliss-reactive ketones (excluding diaryl/α,β-unsaturated/α-hetero) is 1. The number of nitrogens with zero attached hydrogens (tertiary/aromatic N) is 3. The second-order valence-corrected chi connectivity index (χ2v) is 5.44. The molecule has 8 heteroatoms. The number of nitrogens with one attached hydrogen (secondary N) is 1. The Balaban J connectivity index is 1.59. The van der Waals surface area contributed by atoms with E-state index in [9.17, 15) is 9.59 Å². The standard InChI is InChI=1S/C16H13ClN4O3/c1-10(22)11-2-5-13(6-3-11)24-9-15(23)19-16-18-14-7-4-12(17)8-21(14)20-16/h2-8H,9H2,1H3,(H,19,20,23). The second-order valence-electron chi connectivity index (χ2n) is 5.00. The Morgan fingerprint density at radius 3 is 2.67 bits per heavy atom. The zero-order valence-corrected chi connectivity index (χ0v) is 13.4. The molecular weight excluding hydrogens is 332 g/mol. The summed E-state index contributed by atoms with van der Waals surface area (Å²) in [5, 5.41) is 7.16. The number of carbonyl (C=O) groups excluding carboxylic acids is 2. The topological polar surface area (TPSA) is 85.6 Å². The van der Waals surface area contributed by atoms with Crippen LogP contribution < -0.4 is 10.1 Å². The lowest BCUT2D eigenvalue weighted by Gasteiger charge is -2.05. The van der Waals surface area contributed by atoms with Gasteiger partial charge in [0.05, 0.1) is 5.02 Å². The first kappa shape index (κ1) is 15.9. The summed E-state index contributed by atoms with van der Waals surface area (Å²) >= 11 is 5.86. The lowest BCUT2D eigenvalue weighted by atomic mass is 10.1. The second kappa shape index (κ2) is 6.67. The van der Waals surface area contributed by atoms with Crippen molar-refractivity contribution in [2.24, 2.45) is 0 Å². The van der Waals surface area contributed by atoms with Crippen LogP contribution in [0.4, 0.5) is 5.95 Å². The van der Waals surface area contributed by atoms with Gasteiger partial charge in [-0.2, -0.15) is 4.98 Å². The Hall–Kier alpha value is -2.93. The molecule has 7 nitrogen and oxygen atoms in total. The molecule has 0 radical (unpaired) electrons. The number of anilines is 1. The fourth-order valence-electron chi connectivity index (χ4n) is 2.01. The van der Waals surface area contributed by atoms with Crippen molar-refractivity contribution in [3.63, 3.8) is 0 Å². The van der Waals surface area contributed by atoms with Crippen molar-refractivity contribution >= 4 is 34.9 Å². The van der Waals surface area contributed by atoms with Gasteiger partial charge < -0.3 is 4.74 Å². The van der Waals surface area contributed by atoms with Crippen LogP contribution in [0, 0.1) is 0 Å². The van der Waals surface area contributed by atoms with Crippen LogP contribution >= 0.6 is 11.6 Å². The Kier molecular flexibility index (Phi) is 4.43. The van der Waals surface area contributed by atoms with Crippen LogP contribution in [0.25, 0.3) is 5.65 Å². The van der Waals surface area contributed by atoms with Gasteiger partial charge in [0.25, 0.3) is 5.91 Å². The van der Waals surface area contributed by atoms with Crippen molar-refractivity contribution in [1.82, 2.24) is 14.6 Å². The van der Waals surface area contributed by atoms with E-state index < -0.39 is 5.91 Å². The molecule has 0 saturated heterocycles. The Bertz CT molecular complexity index is 905. The first-order chi connectivity index (χ1) is 11.5. The predicted molar refractivity (Wildman–Crippen MR) is 88.6 cm³/mol. The number of hydrogen-bond donors (Lipinski definition) is 1. The molecular formula is C16H13ClN4O3. The summed E-state index contributed by atoms with van der Waals surface area (Å²) in [6.07, 6.45) is 1.59. The van der Waals surface area contributed by atoms with Crippen molar-refractivity contribution in [3.8, 4) is 5.75 Å². The fraction of sp³-hybridized carbons (Fsp3) is 0.125. The molecule has 0 saturated carbocycles. The Labute approximate surface area is 142 Å². The number of fused-ring (bicyclic) bond motifs is 1. The molecule has 0 aliphatic carbocycles. The third-order valence-electron chi connectivity index (χ3n) is 3.18. The molecule has 0 fully saturated rings. The first-order valence-electron chi connectivity index (χ1n) is 7.07. The number of amides is 1. The van der Waals surface area contributed by atoms with Crippen molar-refractivity contribution in [2.75, 3.05) is 11.9 Å². The highest BCUT2D eigenvalue weighted by molar-refractivity contribution is 6.30. The van der Waals surface area contributed by atoms with Gasteiger partial charge in [0.2, 0.25) is 5.95 Å². The quantitative estimate of drug-likeness (QED) is 0.719. The molecule has 0 atom stereocenters. The maximum Gasteiger partial charge on any atom is 0.264 e.